The maximum absolute atomic E-state index is 12.4. The lowest BCUT2D eigenvalue weighted by Gasteiger charge is -2.05. The predicted molar refractivity (Wildman–Crippen MR) is 128 cm³/mol. The summed E-state index contributed by atoms with van der Waals surface area (Å²) in [5, 5.41) is 3.54. The fourth-order valence-electron chi connectivity index (χ4n) is 2.57. The Morgan fingerprint density at radius 1 is 1.07 bits per heavy atom. The normalized spacial score (nSPS) is 10.9. The summed E-state index contributed by atoms with van der Waals surface area (Å²) in [6.45, 7) is 0. The molecule has 3 nitrogen and oxygen atoms in total. The van der Waals surface area contributed by atoms with Gasteiger partial charge in [0.1, 0.15) is 0 Å². The summed E-state index contributed by atoms with van der Waals surface area (Å²) in [5.41, 5.74) is 3.55. The minimum absolute atomic E-state index is 0.158. The predicted octanol–water partition coefficient (Wildman–Crippen LogP) is 7.10. The lowest BCUT2D eigenvalue weighted by atomic mass is 10.2. The van der Waals surface area contributed by atoms with Crippen molar-refractivity contribution in [1.29, 1.82) is 0 Å². The molecule has 0 bridgehead atoms. The molecule has 0 fully saturated rings. The minimum Gasteiger partial charge on any atom is -0.322 e. The Morgan fingerprint density at radius 2 is 1.82 bits per heavy atom. The molecule has 1 N–H and O–H groups in total. The standard InChI is InChI=1S/C21H14ClIN2OS2/c22-15-5-3-14(4-6-15)20(26)24-17-9-10-18-19(11-17)28-21(25-18)27-12-13-1-7-16(23)8-2-13/h1-11H,12H2,(H,24,26). The van der Waals surface area contributed by atoms with E-state index < -0.39 is 0 Å². The number of amides is 1. The number of carbonyl (C=O) groups excluding carboxylic acids is 1. The molecule has 0 saturated heterocycles. The van der Waals surface area contributed by atoms with Gasteiger partial charge in [-0.1, -0.05) is 35.5 Å². The van der Waals surface area contributed by atoms with Crippen LogP contribution < -0.4 is 5.32 Å². The van der Waals surface area contributed by atoms with Gasteiger partial charge in [-0.15, -0.1) is 11.3 Å². The molecule has 0 saturated carbocycles. The number of fused-ring (bicyclic) bond motifs is 1. The molecule has 0 aliphatic heterocycles. The Bertz CT molecular complexity index is 1130. The second-order valence-corrected chi connectivity index (χ2v) is 9.97. The third-order valence-electron chi connectivity index (χ3n) is 4.01. The first-order valence-corrected chi connectivity index (χ1v) is 11.7. The summed E-state index contributed by atoms with van der Waals surface area (Å²) < 4.78 is 3.31. The molecule has 7 heteroatoms. The van der Waals surface area contributed by atoms with Crippen LogP contribution in [0.4, 0.5) is 5.69 Å². The van der Waals surface area contributed by atoms with Crippen LogP contribution in [0.5, 0.6) is 0 Å². The number of hydrogen-bond acceptors (Lipinski definition) is 4. The Labute approximate surface area is 189 Å². The zero-order valence-electron chi connectivity index (χ0n) is 14.5. The SMILES string of the molecule is O=C(Nc1ccc2nc(SCc3ccc(I)cc3)sc2c1)c1ccc(Cl)cc1. The van der Waals surface area contributed by atoms with Crippen molar-refractivity contribution in [3.63, 3.8) is 0 Å². The van der Waals surface area contributed by atoms with Gasteiger partial charge in [-0.05, 0) is 82.8 Å². The van der Waals surface area contributed by atoms with Crippen molar-refractivity contribution in [2.75, 3.05) is 5.32 Å². The molecule has 28 heavy (non-hydrogen) atoms. The average molecular weight is 537 g/mol. The van der Waals surface area contributed by atoms with Crippen LogP contribution in [0, 0.1) is 3.57 Å². The van der Waals surface area contributed by atoms with Crippen molar-refractivity contribution in [2.24, 2.45) is 0 Å². The monoisotopic (exact) mass is 536 g/mol. The van der Waals surface area contributed by atoms with Crippen molar-refractivity contribution in [3.05, 3.63) is 86.4 Å². The maximum atomic E-state index is 12.4. The number of nitrogens with one attached hydrogen (secondary N) is 1. The van der Waals surface area contributed by atoms with Crippen LogP contribution in [0.1, 0.15) is 15.9 Å². The summed E-state index contributed by atoms with van der Waals surface area (Å²) in [4.78, 5) is 17.1. The number of thiazole rings is 1. The smallest absolute Gasteiger partial charge is 0.255 e. The van der Waals surface area contributed by atoms with E-state index in [1.54, 1.807) is 47.4 Å². The van der Waals surface area contributed by atoms with Crippen LogP contribution in [-0.2, 0) is 5.75 Å². The van der Waals surface area contributed by atoms with E-state index in [2.05, 4.69) is 57.2 Å². The second kappa shape index (κ2) is 8.82. The number of halogens is 2. The van der Waals surface area contributed by atoms with Crippen LogP contribution in [0.2, 0.25) is 5.02 Å². The molecule has 1 amide bonds. The quantitative estimate of drug-likeness (QED) is 0.218. The summed E-state index contributed by atoms with van der Waals surface area (Å²) in [5.74, 6) is 0.727. The first kappa shape index (κ1) is 19.7. The molecule has 1 aromatic heterocycles. The average Bonchev–Trinajstić information content (AvgIpc) is 3.10. The molecular formula is C21H14ClIN2OS2. The third-order valence-corrected chi connectivity index (χ3v) is 7.21. The zero-order valence-corrected chi connectivity index (χ0v) is 19.0. The fourth-order valence-corrected chi connectivity index (χ4v) is 5.12. The van der Waals surface area contributed by atoms with E-state index in [0.29, 0.717) is 10.6 Å². The molecule has 3 aromatic carbocycles. The van der Waals surface area contributed by atoms with Crippen LogP contribution >= 0.6 is 57.3 Å². The van der Waals surface area contributed by atoms with Crippen LogP contribution in [-0.4, -0.2) is 10.9 Å². The number of thioether (sulfide) groups is 1. The van der Waals surface area contributed by atoms with E-state index in [0.717, 1.165) is 26.0 Å². The van der Waals surface area contributed by atoms with E-state index in [1.165, 1.54) is 9.13 Å². The molecule has 4 aromatic rings. The molecule has 0 aliphatic rings. The van der Waals surface area contributed by atoms with Crippen molar-refractivity contribution < 1.29 is 4.79 Å². The molecule has 0 unspecified atom stereocenters. The lowest BCUT2D eigenvalue weighted by Crippen LogP contribution is -2.11. The summed E-state index contributed by atoms with van der Waals surface area (Å²) in [7, 11) is 0. The Hall–Kier alpha value is -1.61. The lowest BCUT2D eigenvalue weighted by molar-refractivity contribution is 0.102. The highest BCUT2D eigenvalue weighted by atomic mass is 127. The summed E-state index contributed by atoms with van der Waals surface area (Å²) in [6.07, 6.45) is 0. The Balaban J connectivity index is 1.46. The van der Waals surface area contributed by atoms with Crippen molar-refractivity contribution in [3.8, 4) is 0 Å². The van der Waals surface area contributed by atoms with Gasteiger partial charge in [-0.3, -0.25) is 4.79 Å². The van der Waals surface area contributed by atoms with E-state index in [9.17, 15) is 4.79 Å². The van der Waals surface area contributed by atoms with Gasteiger partial charge in [0.25, 0.3) is 5.91 Å². The van der Waals surface area contributed by atoms with Crippen LogP contribution in [0.25, 0.3) is 10.2 Å². The van der Waals surface area contributed by atoms with Crippen molar-refractivity contribution >= 4 is 79.1 Å². The Kier molecular flexibility index (Phi) is 6.20. The Morgan fingerprint density at radius 3 is 2.57 bits per heavy atom. The van der Waals surface area contributed by atoms with Gasteiger partial charge in [0.2, 0.25) is 0 Å². The molecule has 0 atom stereocenters. The molecule has 0 radical (unpaired) electrons. The van der Waals surface area contributed by atoms with E-state index in [-0.39, 0.29) is 5.91 Å². The molecule has 140 valence electrons. The summed E-state index contributed by atoms with van der Waals surface area (Å²) >= 11 is 11.6. The fraction of sp³-hybridized carbons (Fsp3) is 0.0476. The number of nitrogens with zero attached hydrogens (tertiary/aromatic N) is 1. The third kappa shape index (κ3) is 4.86. The van der Waals surface area contributed by atoms with E-state index >= 15 is 0 Å². The van der Waals surface area contributed by atoms with E-state index in [4.69, 9.17) is 11.6 Å². The van der Waals surface area contributed by atoms with Gasteiger partial charge in [-0.25, -0.2) is 4.98 Å². The number of aromatic nitrogens is 1. The largest absolute Gasteiger partial charge is 0.322 e. The van der Waals surface area contributed by atoms with Gasteiger partial charge < -0.3 is 5.32 Å². The van der Waals surface area contributed by atoms with Crippen LogP contribution in [0.3, 0.4) is 0 Å². The van der Waals surface area contributed by atoms with Crippen LogP contribution in [0.15, 0.2) is 71.1 Å². The van der Waals surface area contributed by atoms with Crippen molar-refractivity contribution in [2.45, 2.75) is 10.1 Å². The molecule has 0 spiro atoms. The zero-order chi connectivity index (χ0) is 19.5. The minimum atomic E-state index is -0.158. The topological polar surface area (TPSA) is 42.0 Å². The highest BCUT2D eigenvalue weighted by Crippen LogP contribution is 2.33. The number of carbonyl (C=O) groups is 1. The molecular weight excluding hydrogens is 523 g/mol. The van der Waals surface area contributed by atoms with Gasteiger partial charge in [0.05, 0.1) is 10.2 Å². The van der Waals surface area contributed by atoms with E-state index in [1.807, 2.05) is 18.2 Å². The molecule has 1 heterocycles. The number of anilines is 1. The molecule has 0 aliphatic carbocycles. The second-order valence-electron chi connectivity index (χ2n) is 6.04. The first-order valence-electron chi connectivity index (χ1n) is 8.41. The number of rotatable bonds is 5. The van der Waals surface area contributed by atoms with Gasteiger partial charge in [0.15, 0.2) is 4.34 Å². The highest BCUT2D eigenvalue weighted by molar-refractivity contribution is 14.1. The molecule has 4 rings (SSSR count). The summed E-state index contributed by atoms with van der Waals surface area (Å²) in [6, 6.07) is 21.1. The first-order chi connectivity index (χ1) is 13.6. The van der Waals surface area contributed by atoms with Gasteiger partial charge >= 0.3 is 0 Å². The van der Waals surface area contributed by atoms with Gasteiger partial charge in [-0.2, -0.15) is 0 Å². The van der Waals surface area contributed by atoms with Crippen molar-refractivity contribution in [1.82, 2.24) is 4.98 Å². The number of hydrogen-bond donors (Lipinski definition) is 1. The number of benzene rings is 3. The van der Waals surface area contributed by atoms with Gasteiger partial charge in [0, 0.05) is 25.6 Å². The maximum Gasteiger partial charge on any atom is 0.255 e. The highest BCUT2D eigenvalue weighted by Gasteiger charge is 2.09.